The number of hydrogen-bond acceptors (Lipinski definition) is 5. The van der Waals surface area contributed by atoms with E-state index in [0.717, 1.165) is 42.1 Å². The lowest BCUT2D eigenvalue weighted by molar-refractivity contribution is -0.117. The first-order valence-electron chi connectivity index (χ1n) is 9.26. The van der Waals surface area contributed by atoms with Gasteiger partial charge in [0.05, 0.1) is 24.9 Å². The van der Waals surface area contributed by atoms with Gasteiger partial charge in [-0.3, -0.25) is 14.4 Å². The van der Waals surface area contributed by atoms with Crippen LogP contribution in [0.1, 0.15) is 12.1 Å². The first-order valence-corrected chi connectivity index (χ1v) is 9.26. The molecule has 1 aromatic carbocycles. The number of methoxy groups -OCH3 is 1. The number of ether oxygens (including phenoxy) is 1. The number of aryl methyl sites for hydroxylation is 2. The van der Waals surface area contributed by atoms with Crippen LogP contribution in [0.5, 0.6) is 5.75 Å². The number of para-hydroxylation sites is 1. The number of rotatable bonds is 6. The van der Waals surface area contributed by atoms with Gasteiger partial charge in [0, 0.05) is 31.7 Å². The number of nitrogens with zero attached hydrogens (tertiary/aromatic N) is 4. The van der Waals surface area contributed by atoms with E-state index in [2.05, 4.69) is 34.3 Å². The van der Waals surface area contributed by atoms with Crippen LogP contribution in [0, 0.1) is 6.92 Å². The first kappa shape index (κ1) is 19.4. The van der Waals surface area contributed by atoms with Crippen LogP contribution in [-0.4, -0.2) is 72.4 Å². The van der Waals surface area contributed by atoms with Crippen molar-refractivity contribution in [2.75, 3.05) is 46.2 Å². The zero-order valence-corrected chi connectivity index (χ0v) is 16.8. The number of hydrogen-bond donors (Lipinski definition) is 1. The highest BCUT2D eigenvalue weighted by Crippen LogP contribution is 2.37. The Morgan fingerprint density at radius 3 is 2.78 bits per heavy atom. The maximum atomic E-state index is 12.7. The Bertz CT molecular complexity index is 815. The van der Waals surface area contributed by atoms with Crippen molar-refractivity contribution in [1.29, 1.82) is 0 Å². The van der Waals surface area contributed by atoms with Gasteiger partial charge in [-0.25, -0.2) is 0 Å². The van der Waals surface area contributed by atoms with Crippen LogP contribution in [0.3, 0.4) is 0 Å². The number of anilines is 1. The molecule has 27 heavy (non-hydrogen) atoms. The van der Waals surface area contributed by atoms with E-state index in [1.54, 1.807) is 11.8 Å². The fourth-order valence-corrected chi connectivity index (χ4v) is 3.73. The van der Waals surface area contributed by atoms with E-state index in [1.807, 2.05) is 38.2 Å². The van der Waals surface area contributed by atoms with E-state index in [0.29, 0.717) is 18.4 Å². The van der Waals surface area contributed by atoms with E-state index in [1.165, 1.54) is 0 Å². The summed E-state index contributed by atoms with van der Waals surface area (Å²) in [6.45, 7) is 4.20. The fraction of sp³-hybridized carbons (Fsp3) is 0.500. The van der Waals surface area contributed by atoms with Gasteiger partial charge >= 0.3 is 0 Å². The molecule has 3 rings (SSSR count). The average molecular weight is 371 g/mol. The number of carbonyl (C=O) groups excluding carboxylic acids is 1. The second kappa shape index (κ2) is 8.10. The maximum absolute atomic E-state index is 12.7. The second-order valence-electron chi connectivity index (χ2n) is 7.32. The Labute approximate surface area is 160 Å². The third-order valence-corrected chi connectivity index (χ3v) is 5.20. The van der Waals surface area contributed by atoms with Gasteiger partial charge in [0.2, 0.25) is 5.91 Å². The Hall–Kier alpha value is -2.38. The van der Waals surface area contributed by atoms with Crippen molar-refractivity contribution >= 4 is 11.7 Å². The van der Waals surface area contributed by atoms with Crippen LogP contribution in [0.2, 0.25) is 0 Å². The van der Waals surface area contributed by atoms with Gasteiger partial charge in [-0.1, -0.05) is 18.2 Å². The van der Waals surface area contributed by atoms with Crippen LogP contribution in [0.15, 0.2) is 24.3 Å². The highest BCUT2D eigenvalue weighted by Gasteiger charge is 2.26. The summed E-state index contributed by atoms with van der Waals surface area (Å²) in [5, 5.41) is 7.58. The quantitative estimate of drug-likeness (QED) is 0.841. The molecule has 2 aromatic rings. The predicted molar refractivity (Wildman–Crippen MR) is 107 cm³/mol. The van der Waals surface area contributed by atoms with E-state index >= 15 is 0 Å². The molecule has 0 radical (unpaired) electrons. The van der Waals surface area contributed by atoms with Gasteiger partial charge in [0.1, 0.15) is 11.6 Å². The number of carbonyl (C=O) groups is 1. The van der Waals surface area contributed by atoms with Gasteiger partial charge in [-0.2, -0.15) is 5.10 Å². The average Bonchev–Trinajstić information content (AvgIpc) is 3.20. The molecule has 0 aliphatic carbocycles. The fourth-order valence-electron chi connectivity index (χ4n) is 3.73. The number of nitrogens with one attached hydrogen (secondary N) is 1. The predicted octanol–water partition coefficient (Wildman–Crippen LogP) is 1.98. The molecule has 7 nitrogen and oxygen atoms in total. The molecule has 1 fully saturated rings. The van der Waals surface area contributed by atoms with Gasteiger partial charge in [0.15, 0.2) is 0 Å². The molecular weight excluding hydrogens is 342 g/mol. The Balaban J connectivity index is 1.79. The minimum atomic E-state index is -0.0199. The van der Waals surface area contributed by atoms with Crippen LogP contribution in [0.4, 0.5) is 5.82 Å². The highest BCUT2D eigenvalue weighted by atomic mass is 16.5. The van der Waals surface area contributed by atoms with Crippen molar-refractivity contribution < 1.29 is 9.53 Å². The molecule has 1 amide bonds. The lowest BCUT2D eigenvalue weighted by atomic mass is 10.0. The number of likely N-dealkylation sites (N-methyl/N-ethyl adjacent to an activating group) is 1. The molecule has 1 aromatic heterocycles. The largest absolute Gasteiger partial charge is 0.496 e. The lowest BCUT2D eigenvalue weighted by Crippen LogP contribution is -2.35. The maximum Gasteiger partial charge on any atom is 0.239 e. The number of aromatic nitrogens is 2. The second-order valence-corrected chi connectivity index (χ2v) is 7.32. The molecular formula is C20H29N5O2. The summed E-state index contributed by atoms with van der Waals surface area (Å²) in [7, 11) is 7.68. The topological polar surface area (TPSA) is 62.6 Å². The molecule has 2 heterocycles. The summed E-state index contributed by atoms with van der Waals surface area (Å²) < 4.78 is 7.23. The smallest absolute Gasteiger partial charge is 0.239 e. The molecule has 1 aliphatic heterocycles. The lowest BCUT2D eigenvalue weighted by Gasteiger charge is -2.20. The Kier molecular flexibility index (Phi) is 5.82. The van der Waals surface area contributed by atoms with Crippen molar-refractivity contribution in [3.63, 3.8) is 0 Å². The summed E-state index contributed by atoms with van der Waals surface area (Å²) in [5.41, 5.74) is 2.68. The summed E-state index contributed by atoms with van der Waals surface area (Å²) >= 11 is 0. The van der Waals surface area contributed by atoms with Crippen LogP contribution in [-0.2, 0) is 11.8 Å². The minimum Gasteiger partial charge on any atom is -0.496 e. The van der Waals surface area contributed by atoms with Crippen LogP contribution < -0.4 is 10.1 Å². The molecule has 1 atom stereocenters. The van der Waals surface area contributed by atoms with E-state index < -0.39 is 0 Å². The standard InChI is InChI=1S/C20H29N5O2/c1-14-19(16-8-6-7-9-17(16)27-5)20(24(4)22-14)21-18(26)13-25-11-10-15(12-25)23(2)3/h6-9,15H,10-13H2,1-5H3,(H,21,26). The molecule has 1 N–H and O–H groups in total. The van der Waals surface area contributed by atoms with Gasteiger partial charge < -0.3 is 15.0 Å². The van der Waals surface area contributed by atoms with Crippen LogP contribution in [0.25, 0.3) is 11.1 Å². The molecule has 146 valence electrons. The molecule has 1 aliphatic rings. The van der Waals surface area contributed by atoms with Crippen molar-refractivity contribution in [3.8, 4) is 16.9 Å². The zero-order chi connectivity index (χ0) is 19.6. The summed E-state index contributed by atoms with van der Waals surface area (Å²) in [6.07, 6.45) is 1.09. The zero-order valence-electron chi connectivity index (χ0n) is 16.8. The normalized spacial score (nSPS) is 17.5. The van der Waals surface area contributed by atoms with Gasteiger partial charge in [-0.15, -0.1) is 0 Å². The highest BCUT2D eigenvalue weighted by molar-refractivity contribution is 5.96. The molecule has 0 saturated carbocycles. The Morgan fingerprint density at radius 1 is 1.37 bits per heavy atom. The van der Waals surface area contributed by atoms with Gasteiger partial charge in [-0.05, 0) is 33.5 Å². The van der Waals surface area contributed by atoms with Crippen molar-refractivity contribution in [2.45, 2.75) is 19.4 Å². The number of likely N-dealkylation sites (tertiary alicyclic amines) is 1. The van der Waals surface area contributed by atoms with Crippen molar-refractivity contribution in [1.82, 2.24) is 19.6 Å². The number of amides is 1. The summed E-state index contributed by atoms with van der Waals surface area (Å²) in [4.78, 5) is 17.1. The van der Waals surface area contributed by atoms with Crippen molar-refractivity contribution in [2.24, 2.45) is 7.05 Å². The van der Waals surface area contributed by atoms with Crippen molar-refractivity contribution in [3.05, 3.63) is 30.0 Å². The summed E-state index contributed by atoms with van der Waals surface area (Å²) in [5.74, 6) is 1.44. The molecule has 7 heteroatoms. The number of benzene rings is 1. The van der Waals surface area contributed by atoms with E-state index in [4.69, 9.17) is 4.74 Å². The minimum absolute atomic E-state index is 0.0199. The molecule has 0 spiro atoms. The third-order valence-electron chi connectivity index (χ3n) is 5.20. The van der Waals surface area contributed by atoms with Crippen LogP contribution >= 0.6 is 0 Å². The molecule has 1 saturated heterocycles. The third kappa shape index (κ3) is 4.14. The SMILES string of the molecule is COc1ccccc1-c1c(C)nn(C)c1NC(=O)CN1CCC(N(C)C)C1. The Morgan fingerprint density at radius 2 is 2.11 bits per heavy atom. The monoisotopic (exact) mass is 371 g/mol. The van der Waals surface area contributed by atoms with Gasteiger partial charge in [0.25, 0.3) is 0 Å². The first-order chi connectivity index (χ1) is 12.9. The molecule has 1 unspecified atom stereocenters. The van der Waals surface area contributed by atoms with E-state index in [-0.39, 0.29) is 5.91 Å². The molecule has 0 bridgehead atoms. The van der Waals surface area contributed by atoms with E-state index in [9.17, 15) is 4.79 Å². The summed E-state index contributed by atoms with van der Waals surface area (Å²) in [6, 6.07) is 8.31.